The number of nitrogen functional groups attached to an aromatic ring is 1. The van der Waals surface area contributed by atoms with Crippen molar-refractivity contribution < 1.29 is 9.13 Å². The van der Waals surface area contributed by atoms with Gasteiger partial charge in [0.05, 0.1) is 23.7 Å². The maximum Gasteiger partial charge on any atom is 0.194 e. The number of rotatable bonds is 7. The minimum absolute atomic E-state index is 0.149. The van der Waals surface area contributed by atoms with Crippen molar-refractivity contribution in [2.75, 3.05) is 36.6 Å². The monoisotopic (exact) mass is 397 g/mol. The molecule has 0 unspecified atom stereocenters. The molecule has 7 nitrogen and oxygen atoms in total. The van der Waals surface area contributed by atoms with Crippen molar-refractivity contribution in [1.29, 1.82) is 0 Å². The number of hydrogen-bond donors (Lipinski definition) is 3. The lowest BCUT2D eigenvalue weighted by Crippen LogP contribution is -2.19. The molecule has 29 heavy (non-hydrogen) atoms. The van der Waals surface area contributed by atoms with E-state index in [9.17, 15) is 4.79 Å². The molecule has 1 saturated carbocycles. The van der Waals surface area contributed by atoms with Crippen molar-refractivity contribution in [3.8, 4) is 5.75 Å². The van der Waals surface area contributed by atoms with Crippen LogP contribution in [0.5, 0.6) is 5.75 Å². The van der Waals surface area contributed by atoms with Crippen LogP contribution in [0, 0.1) is 12.7 Å². The fraction of sp³-hybridized carbons (Fsp3) is 0.333. The van der Waals surface area contributed by atoms with Gasteiger partial charge in [0.25, 0.3) is 0 Å². The number of nitrogens with one attached hydrogen (secondary N) is 2. The molecule has 0 spiro atoms. The van der Waals surface area contributed by atoms with Gasteiger partial charge in [-0.25, -0.2) is 9.37 Å². The Morgan fingerprint density at radius 2 is 2.07 bits per heavy atom. The van der Waals surface area contributed by atoms with Crippen LogP contribution in [0.2, 0.25) is 0 Å². The van der Waals surface area contributed by atoms with Gasteiger partial charge in [-0.15, -0.1) is 0 Å². The summed E-state index contributed by atoms with van der Waals surface area (Å²) in [5, 5.41) is 6.41. The van der Waals surface area contributed by atoms with Crippen molar-refractivity contribution in [1.82, 2.24) is 9.55 Å². The largest absolute Gasteiger partial charge is 0.492 e. The summed E-state index contributed by atoms with van der Waals surface area (Å²) in [6, 6.07) is 5.84. The predicted molar refractivity (Wildman–Crippen MR) is 113 cm³/mol. The zero-order valence-electron chi connectivity index (χ0n) is 16.5. The second kappa shape index (κ2) is 7.62. The lowest BCUT2D eigenvalue weighted by molar-refractivity contribution is 0.416. The van der Waals surface area contributed by atoms with E-state index in [1.54, 1.807) is 13.1 Å². The molecule has 0 atom stereocenters. The van der Waals surface area contributed by atoms with Crippen molar-refractivity contribution in [2.24, 2.45) is 0 Å². The highest BCUT2D eigenvalue weighted by Crippen LogP contribution is 2.44. The Labute approximate surface area is 167 Å². The first-order valence-electron chi connectivity index (χ1n) is 9.62. The molecule has 4 rings (SSSR count). The third kappa shape index (κ3) is 3.46. The van der Waals surface area contributed by atoms with Crippen LogP contribution < -0.4 is 26.5 Å². The van der Waals surface area contributed by atoms with E-state index >= 15 is 4.39 Å². The first-order chi connectivity index (χ1) is 14.0. The Kier molecular flexibility index (Phi) is 5.00. The number of ether oxygens (including phenoxy) is 1. The van der Waals surface area contributed by atoms with Crippen molar-refractivity contribution >= 4 is 28.1 Å². The van der Waals surface area contributed by atoms with Gasteiger partial charge in [-0.05, 0) is 31.9 Å². The van der Waals surface area contributed by atoms with Crippen LogP contribution in [0.25, 0.3) is 10.9 Å². The minimum atomic E-state index is -0.669. The molecular formula is C21H24FN5O2. The summed E-state index contributed by atoms with van der Waals surface area (Å²) in [7, 11) is 1.48. The number of pyridine rings is 2. The first kappa shape index (κ1) is 19.0. The van der Waals surface area contributed by atoms with Gasteiger partial charge >= 0.3 is 0 Å². The average molecular weight is 397 g/mol. The van der Waals surface area contributed by atoms with Gasteiger partial charge in [0.15, 0.2) is 17.0 Å². The topological polar surface area (TPSA) is 94.2 Å². The lowest BCUT2D eigenvalue weighted by atomic mass is 10.1. The molecule has 0 saturated heterocycles. The predicted octanol–water partition coefficient (Wildman–Crippen LogP) is 3.29. The normalized spacial score (nSPS) is 13.5. The number of methoxy groups -OCH3 is 1. The quantitative estimate of drug-likeness (QED) is 0.418. The number of aromatic nitrogens is 2. The molecule has 3 aromatic rings. The Bertz CT molecular complexity index is 1110. The van der Waals surface area contributed by atoms with Gasteiger partial charge in [-0.3, -0.25) is 4.79 Å². The van der Waals surface area contributed by atoms with E-state index in [1.807, 2.05) is 29.0 Å². The Morgan fingerprint density at radius 1 is 1.31 bits per heavy atom. The zero-order valence-corrected chi connectivity index (χ0v) is 16.5. The van der Waals surface area contributed by atoms with Gasteiger partial charge in [-0.1, -0.05) is 6.07 Å². The van der Waals surface area contributed by atoms with Gasteiger partial charge in [0.1, 0.15) is 11.5 Å². The van der Waals surface area contributed by atoms with Crippen LogP contribution >= 0.6 is 0 Å². The molecule has 0 amide bonds. The molecule has 1 aromatic carbocycles. The smallest absolute Gasteiger partial charge is 0.194 e. The average Bonchev–Trinajstić information content (AvgIpc) is 3.57. The highest BCUT2D eigenvalue weighted by atomic mass is 19.1. The summed E-state index contributed by atoms with van der Waals surface area (Å²) in [4.78, 5) is 16.9. The van der Waals surface area contributed by atoms with E-state index in [4.69, 9.17) is 10.5 Å². The fourth-order valence-electron chi connectivity index (χ4n) is 3.55. The lowest BCUT2D eigenvalue weighted by Gasteiger charge is -2.20. The Balaban J connectivity index is 1.72. The summed E-state index contributed by atoms with van der Waals surface area (Å²) in [5.74, 6) is 0.364. The number of nitrogens with zero attached hydrogens (tertiary/aromatic N) is 2. The van der Waals surface area contributed by atoms with Crippen LogP contribution in [0.3, 0.4) is 0 Å². The number of fused-ring (bicyclic) bond motifs is 1. The van der Waals surface area contributed by atoms with E-state index in [0.29, 0.717) is 29.9 Å². The van der Waals surface area contributed by atoms with Crippen LogP contribution in [-0.4, -0.2) is 29.8 Å². The third-order valence-corrected chi connectivity index (χ3v) is 5.12. The van der Waals surface area contributed by atoms with Gasteiger partial charge in [0, 0.05) is 37.1 Å². The van der Waals surface area contributed by atoms with E-state index in [0.717, 1.165) is 18.7 Å². The van der Waals surface area contributed by atoms with Crippen LogP contribution in [0.4, 0.5) is 21.6 Å². The Hall–Kier alpha value is -3.29. The van der Waals surface area contributed by atoms with Crippen molar-refractivity contribution in [3.05, 3.63) is 52.2 Å². The van der Waals surface area contributed by atoms with E-state index in [1.165, 1.54) is 7.11 Å². The van der Waals surface area contributed by atoms with Crippen molar-refractivity contribution in [3.63, 3.8) is 0 Å². The number of anilines is 3. The van der Waals surface area contributed by atoms with E-state index < -0.39 is 5.82 Å². The summed E-state index contributed by atoms with van der Waals surface area (Å²) >= 11 is 0. The summed E-state index contributed by atoms with van der Waals surface area (Å²) in [6.45, 7) is 2.65. The number of hydrogen-bond acceptors (Lipinski definition) is 6. The molecule has 2 aromatic heterocycles. The number of aryl methyl sites for hydroxylation is 1. The highest BCUT2D eigenvalue weighted by Gasteiger charge is 2.30. The summed E-state index contributed by atoms with van der Waals surface area (Å²) in [5.41, 5.74) is 6.92. The van der Waals surface area contributed by atoms with Gasteiger partial charge in [-0.2, -0.15) is 0 Å². The molecule has 2 heterocycles. The second-order valence-electron chi connectivity index (χ2n) is 7.21. The minimum Gasteiger partial charge on any atom is -0.492 e. The second-order valence-corrected chi connectivity index (χ2v) is 7.21. The molecule has 0 aliphatic heterocycles. The summed E-state index contributed by atoms with van der Waals surface area (Å²) < 4.78 is 22.7. The first-order valence-corrected chi connectivity index (χ1v) is 9.62. The SMILES string of the molecule is COc1c(NCCNc2ccccn2)c(F)c(N)c2c(=O)c(C)cn(C3CC3)c12. The van der Waals surface area contributed by atoms with Crippen LogP contribution in [0.15, 0.2) is 35.4 Å². The van der Waals surface area contributed by atoms with Crippen LogP contribution in [-0.2, 0) is 0 Å². The molecule has 4 N–H and O–H groups in total. The molecule has 0 bridgehead atoms. The van der Waals surface area contributed by atoms with E-state index in [-0.39, 0.29) is 28.2 Å². The van der Waals surface area contributed by atoms with E-state index in [2.05, 4.69) is 15.6 Å². The molecule has 1 fully saturated rings. The maximum absolute atomic E-state index is 15.1. The summed E-state index contributed by atoms with van der Waals surface area (Å²) in [6.07, 6.45) is 5.53. The number of halogens is 1. The number of nitrogens with two attached hydrogens (primary N) is 1. The molecule has 8 heteroatoms. The van der Waals surface area contributed by atoms with Crippen LogP contribution in [0.1, 0.15) is 24.4 Å². The Morgan fingerprint density at radius 3 is 2.72 bits per heavy atom. The van der Waals surface area contributed by atoms with Gasteiger partial charge < -0.3 is 25.7 Å². The van der Waals surface area contributed by atoms with Crippen molar-refractivity contribution in [2.45, 2.75) is 25.8 Å². The molecule has 0 radical (unpaired) electrons. The molecule has 152 valence electrons. The van der Waals surface area contributed by atoms with Gasteiger partial charge in [0.2, 0.25) is 0 Å². The number of benzene rings is 1. The highest BCUT2D eigenvalue weighted by molar-refractivity contribution is 6.00. The molecule has 1 aliphatic rings. The standard InChI is InChI=1S/C21H24FN5O2/c1-12-11-27(13-6-7-13)19-15(20(12)28)17(23)16(22)18(21(19)29-2)26-10-9-25-14-5-3-4-8-24-14/h3-5,8,11,13,26H,6-7,9-10,23H2,1-2H3,(H,24,25). The third-order valence-electron chi connectivity index (χ3n) is 5.12. The maximum atomic E-state index is 15.1. The fourth-order valence-corrected chi connectivity index (χ4v) is 3.55. The molecule has 1 aliphatic carbocycles. The zero-order chi connectivity index (χ0) is 20.5. The molecular weight excluding hydrogens is 373 g/mol.